The second-order valence-electron chi connectivity index (χ2n) is 10.5. The number of hydrogen-bond acceptors (Lipinski definition) is 7. The number of imide groups is 1. The molecule has 3 aliphatic carbocycles. The van der Waals surface area contributed by atoms with Gasteiger partial charge in [0.2, 0.25) is 11.8 Å². The fourth-order valence-electron chi connectivity index (χ4n) is 6.61. The minimum absolute atomic E-state index is 0.0202. The van der Waals surface area contributed by atoms with Gasteiger partial charge in [-0.1, -0.05) is 29.8 Å². The molecule has 1 N–H and O–H groups in total. The summed E-state index contributed by atoms with van der Waals surface area (Å²) < 4.78 is 0. The smallest absolute Gasteiger partial charge is 0.269 e. The van der Waals surface area contributed by atoms with Gasteiger partial charge in [-0.05, 0) is 56.4 Å². The lowest BCUT2D eigenvalue weighted by Gasteiger charge is -2.42. The molecule has 9 nitrogen and oxygen atoms in total. The van der Waals surface area contributed by atoms with Gasteiger partial charge in [-0.25, -0.2) is 0 Å². The predicted octanol–water partition coefficient (Wildman–Crippen LogP) is 4.24. The van der Waals surface area contributed by atoms with Crippen LogP contribution >= 0.6 is 0 Å². The Morgan fingerprint density at radius 2 is 1.69 bits per heavy atom. The Morgan fingerprint density at radius 3 is 2.38 bits per heavy atom. The summed E-state index contributed by atoms with van der Waals surface area (Å²) in [4.78, 5) is 65.6. The highest BCUT2D eigenvalue weighted by Gasteiger charge is 2.56. The number of para-hydroxylation sites is 1. The number of nitro benzene ring substituents is 1. The molecule has 2 aromatic rings. The van der Waals surface area contributed by atoms with Crippen LogP contribution in [0.1, 0.15) is 36.8 Å². The van der Waals surface area contributed by atoms with E-state index in [2.05, 4.69) is 0 Å². The number of ketones is 2. The highest BCUT2D eigenvalue weighted by molar-refractivity contribution is 6.25. The van der Waals surface area contributed by atoms with E-state index < -0.39 is 40.4 Å². The van der Waals surface area contributed by atoms with E-state index in [9.17, 15) is 34.4 Å². The van der Waals surface area contributed by atoms with Crippen LogP contribution in [-0.4, -0.2) is 33.4 Å². The number of phenolic OH excluding ortho intramolecular Hbond substituents is 1. The van der Waals surface area contributed by atoms with Crippen molar-refractivity contribution in [3.63, 3.8) is 0 Å². The van der Waals surface area contributed by atoms with Crippen LogP contribution in [0, 0.1) is 34.8 Å². The third-order valence-corrected chi connectivity index (χ3v) is 8.46. The minimum Gasteiger partial charge on any atom is -0.507 e. The zero-order valence-corrected chi connectivity index (χ0v) is 21.2. The van der Waals surface area contributed by atoms with Crippen molar-refractivity contribution in [2.75, 3.05) is 4.90 Å². The highest BCUT2D eigenvalue weighted by atomic mass is 16.6. The molecule has 0 bridgehead atoms. The average Bonchev–Trinajstić information content (AvgIpc) is 3.17. The van der Waals surface area contributed by atoms with Crippen molar-refractivity contribution in [1.82, 2.24) is 0 Å². The van der Waals surface area contributed by atoms with E-state index in [1.54, 1.807) is 32.0 Å². The first kappa shape index (κ1) is 24.7. The van der Waals surface area contributed by atoms with Crippen LogP contribution in [0.4, 0.5) is 11.4 Å². The monoisotopic (exact) mass is 524 g/mol. The Labute approximate surface area is 223 Å². The molecular weight excluding hydrogens is 500 g/mol. The van der Waals surface area contributed by atoms with Crippen molar-refractivity contribution in [2.45, 2.75) is 32.6 Å². The fraction of sp³-hybridized carbons (Fsp3) is 0.267. The minimum atomic E-state index is -0.772. The normalized spacial score (nSPS) is 26.2. The number of anilines is 1. The van der Waals surface area contributed by atoms with E-state index in [1.165, 1.54) is 30.3 Å². The zero-order valence-electron chi connectivity index (χ0n) is 21.2. The third-order valence-electron chi connectivity index (χ3n) is 8.46. The molecule has 1 saturated heterocycles. The Bertz CT molecular complexity index is 1610. The van der Waals surface area contributed by atoms with Crippen molar-refractivity contribution in [3.05, 3.63) is 98.2 Å². The van der Waals surface area contributed by atoms with Crippen LogP contribution in [0.15, 0.2) is 76.9 Å². The maximum absolute atomic E-state index is 13.9. The van der Waals surface area contributed by atoms with Crippen LogP contribution in [0.3, 0.4) is 0 Å². The first-order chi connectivity index (χ1) is 18.6. The molecule has 0 radical (unpaired) electrons. The number of nitro groups is 1. The van der Waals surface area contributed by atoms with Gasteiger partial charge < -0.3 is 5.11 Å². The molecule has 1 fully saturated rings. The molecule has 6 rings (SSSR count). The number of benzene rings is 2. The van der Waals surface area contributed by atoms with Crippen LogP contribution in [0.5, 0.6) is 5.75 Å². The number of amides is 2. The Balaban J connectivity index is 1.47. The lowest BCUT2D eigenvalue weighted by atomic mass is 9.59. The summed E-state index contributed by atoms with van der Waals surface area (Å²) in [5, 5.41) is 22.1. The molecule has 2 amide bonds. The van der Waals surface area contributed by atoms with E-state index >= 15 is 0 Å². The number of non-ortho nitro benzene ring substituents is 1. The summed E-state index contributed by atoms with van der Waals surface area (Å²) in [6.07, 6.45) is 3.59. The zero-order chi connectivity index (χ0) is 27.7. The quantitative estimate of drug-likeness (QED) is 0.209. The number of phenols is 1. The molecule has 9 heteroatoms. The maximum Gasteiger partial charge on any atom is 0.269 e. The standard InChI is InChI=1S/C30H24N2O7/c1-14-4-3-5-19(27(14)34)24-18-10-11-20-25(21(18)13-22-23(33)12-15(2)28(35)26(22)24)30(37)31(29(20)36)16-6-8-17(9-7-16)32(38)39/h3-10,12,20-21,24-25,34H,11,13H2,1-2H3/t20-,21+,24+,25-/m0/s1. The lowest BCUT2D eigenvalue weighted by molar-refractivity contribution is -0.384. The summed E-state index contributed by atoms with van der Waals surface area (Å²) in [5.74, 6) is -4.08. The number of nitrogens with zero attached hydrogens (tertiary/aromatic N) is 2. The van der Waals surface area contributed by atoms with Crippen molar-refractivity contribution in [1.29, 1.82) is 0 Å². The van der Waals surface area contributed by atoms with Crippen LogP contribution in [0.25, 0.3) is 0 Å². The molecule has 4 atom stereocenters. The van der Waals surface area contributed by atoms with Gasteiger partial charge in [-0.15, -0.1) is 0 Å². The Morgan fingerprint density at radius 1 is 0.974 bits per heavy atom. The summed E-state index contributed by atoms with van der Waals surface area (Å²) >= 11 is 0. The van der Waals surface area contributed by atoms with Gasteiger partial charge in [-0.2, -0.15) is 0 Å². The Hall–Kier alpha value is -4.66. The van der Waals surface area contributed by atoms with Crippen LogP contribution < -0.4 is 4.90 Å². The Kier molecular flexibility index (Phi) is 5.50. The van der Waals surface area contributed by atoms with E-state index in [4.69, 9.17) is 0 Å². The predicted molar refractivity (Wildman–Crippen MR) is 140 cm³/mol. The number of carbonyl (C=O) groups excluding carboxylic acids is 4. The van der Waals surface area contributed by atoms with Gasteiger partial charge >= 0.3 is 0 Å². The number of rotatable bonds is 3. The number of fused-ring (bicyclic) bond motifs is 3. The second-order valence-corrected chi connectivity index (χ2v) is 10.5. The SMILES string of the molecule is CC1=CC(=O)C2=C(C1=O)[C@@H](c1cccc(C)c1O)C1=CC[C@@H]3C(=O)N(c4ccc([N+](=O)[O-])cc4)C(=O)[C@@H]3[C@@H]1C2. The molecule has 196 valence electrons. The van der Waals surface area contributed by atoms with Crippen molar-refractivity contribution in [2.24, 2.45) is 17.8 Å². The number of Topliss-reactive ketones (excluding diaryl/α,β-unsaturated/α-hetero) is 1. The fourth-order valence-corrected chi connectivity index (χ4v) is 6.61. The summed E-state index contributed by atoms with van der Waals surface area (Å²) in [6, 6.07) is 10.5. The number of aryl methyl sites for hydroxylation is 1. The van der Waals surface area contributed by atoms with Gasteiger partial charge in [0, 0.05) is 40.3 Å². The average molecular weight is 525 g/mol. The van der Waals surface area contributed by atoms with E-state index in [1.807, 2.05) is 6.08 Å². The van der Waals surface area contributed by atoms with E-state index in [0.717, 1.165) is 10.5 Å². The first-order valence-electron chi connectivity index (χ1n) is 12.7. The molecule has 4 aliphatic rings. The second kappa shape index (κ2) is 8.69. The van der Waals surface area contributed by atoms with E-state index in [0.29, 0.717) is 27.8 Å². The van der Waals surface area contributed by atoms with E-state index in [-0.39, 0.29) is 41.5 Å². The highest BCUT2D eigenvalue weighted by Crippen LogP contribution is 2.56. The molecule has 1 heterocycles. The van der Waals surface area contributed by atoms with Gasteiger partial charge in [0.05, 0.1) is 22.4 Å². The van der Waals surface area contributed by atoms with Gasteiger partial charge in [0.1, 0.15) is 5.75 Å². The number of allylic oxidation sites excluding steroid dienone is 6. The first-order valence-corrected chi connectivity index (χ1v) is 12.7. The summed E-state index contributed by atoms with van der Waals surface area (Å²) in [7, 11) is 0. The number of carbonyl (C=O) groups is 4. The van der Waals surface area contributed by atoms with Gasteiger partial charge in [-0.3, -0.25) is 34.2 Å². The van der Waals surface area contributed by atoms with Crippen molar-refractivity contribution < 1.29 is 29.2 Å². The third kappa shape index (κ3) is 3.53. The topological polar surface area (TPSA) is 135 Å². The molecule has 39 heavy (non-hydrogen) atoms. The summed E-state index contributed by atoms with van der Waals surface area (Å²) in [5.41, 5.74) is 2.90. The largest absolute Gasteiger partial charge is 0.507 e. The van der Waals surface area contributed by atoms with Crippen molar-refractivity contribution >= 4 is 34.8 Å². The molecule has 2 aromatic carbocycles. The number of aromatic hydroxyl groups is 1. The van der Waals surface area contributed by atoms with Crippen molar-refractivity contribution in [3.8, 4) is 5.75 Å². The van der Waals surface area contributed by atoms with Gasteiger partial charge in [0.25, 0.3) is 5.69 Å². The molecule has 0 spiro atoms. The molecular formula is C30H24N2O7. The van der Waals surface area contributed by atoms with Crippen LogP contribution in [0.2, 0.25) is 0 Å². The molecule has 0 saturated carbocycles. The maximum atomic E-state index is 13.9. The summed E-state index contributed by atoms with van der Waals surface area (Å²) in [6.45, 7) is 3.34. The molecule has 0 aromatic heterocycles. The molecule has 1 aliphatic heterocycles. The van der Waals surface area contributed by atoms with Gasteiger partial charge in [0.15, 0.2) is 11.6 Å². The molecule has 0 unspecified atom stereocenters. The number of hydrogen-bond donors (Lipinski definition) is 1. The lowest BCUT2D eigenvalue weighted by Crippen LogP contribution is -2.39. The van der Waals surface area contributed by atoms with Crippen LogP contribution in [-0.2, 0) is 19.2 Å².